The van der Waals surface area contributed by atoms with E-state index in [2.05, 4.69) is 25.6 Å². The van der Waals surface area contributed by atoms with Gasteiger partial charge in [0.25, 0.3) is 0 Å². The quantitative estimate of drug-likeness (QED) is 0.739. The molecule has 9 heteroatoms. The average molecular weight is 353 g/mol. The predicted octanol–water partition coefficient (Wildman–Crippen LogP) is 1.32. The maximum Gasteiger partial charge on any atom is 0.231 e. The lowest BCUT2D eigenvalue weighted by Crippen LogP contribution is -2.52. The molecule has 1 aliphatic heterocycles. The van der Waals surface area contributed by atoms with Crippen molar-refractivity contribution in [1.82, 2.24) is 25.0 Å². The van der Waals surface area contributed by atoms with E-state index in [4.69, 9.17) is 4.74 Å². The van der Waals surface area contributed by atoms with Crippen LogP contribution in [0.4, 0.5) is 11.5 Å². The number of nitrogens with zero attached hydrogens (tertiary/aromatic N) is 6. The number of aryl methyl sites for hydroxylation is 1. The molecule has 3 heterocycles. The monoisotopic (exact) mass is 353 g/mol. The van der Waals surface area contributed by atoms with Crippen LogP contribution in [0.15, 0.2) is 30.6 Å². The molecule has 4 rings (SSSR count). The Labute approximate surface area is 150 Å². The third kappa shape index (κ3) is 2.81. The van der Waals surface area contributed by atoms with Crippen LogP contribution in [0.25, 0.3) is 11.2 Å². The molecule has 2 aromatic heterocycles. The molecule has 1 aromatic carbocycles. The van der Waals surface area contributed by atoms with Gasteiger partial charge in [0.15, 0.2) is 17.0 Å². The second-order valence-electron chi connectivity index (χ2n) is 6.10. The van der Waals surface area contributed by atoms with Crippen LogP contribution >= 0.6 is 0 Å². The summed E-state index contributed by atoms with van der Waals surface area (Å²) in [5.41, 5.74) is 2.10. The van der Waals surface area contributed by atoms with Gasteiger partial charge in [0.2, 0.25) is 5.91 Å². The van der Waals surface area contributed by atoms with Gasteiger partial charge in [-0.3, -0.25) is 4.79 Å². The van der Waals surface area contributed by atoms with Crippen LogP contribution in [0.5, 0.6) is 5.75 Å². The maximum absolute atomic E-state index is 12.4. The number of hydrogen-bond acceptors (Lipinski definition) is 7. The molecule has 1 fully saturated rings. The number of amides is 1. The van der Waals surface area contributed by atoms with Crippen molar-refractivity contribution in [2.75, 3.05) is 30.4 Å². The van der Waals surface area contributed by atoms with Crippen LogP contribution in [0.3, 0.4) is 0 Å². The Bertz CT molecular complexity index is 949. The minimum atomic E-state index is -0.104. The Kier molecular flexibility index (Phi) is 4.11. The Morgan fingerprint density at radius 3 is 2.96 bits per heavy atom. The number of hydrogen-bond donors (Lipinski definition) is 1. The van der Waals surface area contributed by atoms with E-state index in [1.54, 1.807) is 17.9 Å². The van der Waals surface area contributed by atoms with Gasteiger partial charge in [0.1, 0.15) is 12.1 Å². The van der Waals surface area contributed by atoms with Gasteiger partial charge in [-0.1, -0.05) is 11.3 Å². The van der Waals surface area contributed by atoms with E-state index in [9.17, 15) is 4.79 Å². The number of nitrogens with one attached hydrogen (secondary N) is 1. The smallest absolute Gasteiger partial charge is 0.231 e. The molecule has 1 N–H and O–H groups in total. The van der Waals surface area contributed by atoms with Crippen molar-refractivity contribution in [1.29, 1.82) is 0 Å². The molecule has 1 aliphatic rings. The second kappa shape index (κ2) is 6.58. The number of aromatic nitrogens is 5. The molecule has 1 amide bonds. The number of anilines is 2. The number of fused-ring (bicyclic) bond motifs is 1. The molecule has 0 radical (unpaired) electrons. The van der Waals surface area contributed by atoms with Crippen LogP contribution in [-0.2, 0) is 11.3 Å². The standard InChI is InChI=1S/C17H19N7O2/c1-3-24-16-14(21-22-24)15(18-10-19-16)23-8-11(9-23)17(25)20-12-5-4-6-13(7-12)26-2/h4-7,10-11H,3,8-9H2,1-2H3,(H,20,25). The maximum atomic E-state index is 12.4. The van der Waals surface area contributed by atoms with Gasteiger partial charge in [-0.15, -0.1) is 5.10 Å². The minimum absolute atomic E-state index is 0.0167. The van der Waals surface area contributed by atoms with Gasteiger partial charge >= 0.3 is 0 Å². The first-order valence-electron chi connectivity index (χ1n) is 8.43. The topological polar surface area (TPSA) is 98.1 Å². The molecule has 0 spiro atoms. The zero-order valence-electron chi connectivity index (χ0n) is 14.6. The van der Waals surface area contributed by atoms with Gasteiger partial charge in [-0.2, -0.15) is 0 Å². The molecule has 9 nitrogen and oxygen atoms in total. The number of benzene rings is 1. The molecule has 26 heavy (non-hydrogen) atoms. The Morgan fingerprint density at radius 1 is 1.35 bits per heavy atom. The van der Waals surface area contributed by atoms with Crippen LogP contribution in [0, 0.1) is 5.92 Å². The third-order valence-corrected chi connectivity index (χ3v) is 4.47. The lowest BCUT2D eigenvalue weighted by atomic mass is 9.99. The first-order valence-corrected chi connectivity index (χ1v) is 8.43. The van der Waals surface area contributed by atoms with Crippen molar-refractivity contribution in [3.63, 3.8) is 0 Å². The molecular weight excluding hydrogens is 334 g/mol. The molecule has 0 atom stereocenters. The van der Waals surface area contributed by atoms with E-state index in [1.807, 2.05) is 30.0 Å². The van der Waals surface area contributed by atoms with Crippen LogP contribution in [0.1, 0.15) is 6.92 Å². The highest BCUT2D eigenvalue weighted by Gasteiger charge is 2.35. The van der Waals surface area contributed by atoms with Gasteiger partial charge in [-0.25, -0.2) is 14.6 Å². The van der Waals surface area contributed by atoms with Gasteiger partial charge in [-0.05, 0) is 19.1 Å². The van der Waals surface area contributed by atoms with Crippen molar-refractivity contribution in [3.05, 3.63) is 30.6 Å². The predicted molar refractivity (Wildman–Crippen MR) is 96.1 cm³/mol. The molecular formula is C17H19N7O2. The second-order valence-corrected chi connectivity index (χ2v) is 6.10. The van der Waals surface area contributed by atoms with Crippen molar-refractivity contribution in [3.8, 4) is 5.75 Å². The summed E-state index contributed by atoms with van der Waals surface area (Å²) in [7, 11) is 1.60. The van der Waals surface area contributed by atoms with E-state index < -0.39 is 0 Å². The number of carbonyl (C=O) groups is 1. The van der Waals surface area contributed by atoms with E-state index in [1.165, 1.54) is 6.33 Å². The molecule has 0 saturated carbocycles. The zero-order valence-corrected chi connectivity index (χ0v) is 14.6. The van der Waals surface area contributed by atoms with Gasteiger partial charge in [0.05, 0.1) is 13.0 Å². The number of methoxy groups -OCH3 is 1. The van der Waals surface area contributed by atoms with E-state index in [0.717, 1.165) is 11.5 Å². The van der Waals surface area contributed by atoms with Gasteiger partial charge < -0.3 is 15.0 Å². The van der Waals surface area contributed by atoms with E-state index >= 15 is 0 Å². The van der Waals surface area contributed by atoms with Crippen molar-refractivity contribution < 1.29 is 9.53 Å². The first-order chi connectivity index (χ1) is 12.7. The Hall–Kier alpha value is -3.23. The van der Waals surface area contributed by atoms with Crippen LogP contribution in [-0.4, -0.2) is 51.1 Å². The van der Waals surface area contributed by atoms with E-state index in [-0.39, 0.29) is 11.8 Å². The first kappa shape index (κ1) is 16.2. The van der Waals surface area contributed by atoms with Crippen LogP contribution < -0.4 is 15.0 Å². The largest absolute Gasteiger partial charge is 0.497 e. The summed E-state index contributed by atoms with van der Waals surface area (Å²) in [4.78, 5) is 23.0. The average Bonchev–Trinajstić information content (AvgIpc) is 3.04. The SMILES string of the molecule is CCn1nnc2c(N3CC(C(=O)Nc4cccc(OC)c4)C3)ncnc21. The fourth-order valence-electron chi connectivity index (χ4n) is 2.99. The summed E-state index contributed by atoms with van der Waals surface area (Å²) in [6.45, 7) is 3.85. The van der Waals surface area contributed by atoms with Crippen molar-refractivity contribution >= 4 is 28.6 Å². The number of ether oxygens (including phenoxy) is 1. The summed E-state index contributed by atoms with van der Waals surface area (Å²) >= 11 is 0. The molecule has 0 aliphatic carbocycles. The Morgan fingerprint density at radius 2 is 2.19 bits per heavy atom. The lowest BCUT2D eigenvalue weighted by molar-refractivity contribution is -0.120. The summed E-state index contributed by atoms with van der Waals surface area (Å²) in [6, 6.07) is 7.32. The molecule has 3 aromatic rings. The molecule has 0 unspecified atom stereocenters. The fraction of sp³-hybridized carbons (Fsp3) is 0.353. The summed E-state index contributed by atoms with van der Waals surface area (Å²) in [6.07, 6.45) is 1.51. The zero-order chi connectivity index (χ0) is 18.1. The molecule has 0 bridgehead atoms. The summed E-state index contributed by atoms with van der Waals surface area (Å²) in [5, 5.41) is 11.2. The van der Waals surface area contributed by atoms with Crippen LogP contribution in [0.2, 0.25) is 0 Å². The highest BCUT2D eigenvalue weighted by molar-refractivity contribution is 5.95. The summed E-state index contributed by atoms with van der Waals surface area (Å²) in [5.74, 6) is 1.31. The van der Waals surface area contributed by atoms with Gasteiger partial charge in [0, 0.05) is 31.4 Å². The van der Waals surface area contributed by atoms with Crippen molar-refractivity contribution in [2.45, 2.75) is 13.5 Å². The summed E-state index contributed by atoms with van der Waals surface area (Å²) < 4.78 is 6.91. The highest BCUT2D eigenvalue weighted by Crippen LogP contribution is 2.28. The molecule has 134 valence electrons. The molecule has 1 saturated heterocycles. The Balaban J connectivity index is 1.44. The van der Waals surface area contributed by atoms with Crippen molar-refractivity contribution in [2.24, 2.45) is 5.92 Å². The normalized spacial score (nSPS) is 14.3. The number of rotatable bonds is 5. The third-order valence-electron chi connectivity index (χ3n) is 4.47. The van der Waals surface area contributed by atoms with E-state index in [0.29, 0.717) is 36.5 Å². The number of carbonyl (C=O) groups excluding carboxylic acids is 1. The highest BCUT2D eigenvalue weighted by atomic mass is 16.5. The minimum Gasteiger partial charge on any atom is -0.497 e. The lowest BCUT2D eigenvalue weighted by Gasteiger charge is -2.38. The fourth-order valence-corrected chi connectivity index (χ4v) is 2.99.